The first-order chi connectivity index (χ1) is 9.24. The fourth-order valence-electron chi connectivity index (χ4n) is 2.18. The van der Waals surface area contributed by atoms with Crippen molar-refractivity contribution in [1.29, 1.82) is 0 Å². The van der Waals surface area contributed by atoms with Gasteiger partial charge in [-0.1, -0.05) is 6.92 Å². The van der Waals surface area contributed by atoms with Gasteiger partial charge in [0, 0.05) is 11.9 Å². The molecule has 0 saturated carbocycles. The molecule has 0 fully saturated rings. The molecular weight excluding hydrogens is 238 g/mol. The molecule has 2 heterocycles. The van der Waals surface area contributed by atoms with Gasteiger partial charge in [-0.25, -0.2) is 4.68 Å². The van der Waals surface area contributed by atoms with Gasteiger partial charge in [-0.2, -0.15) is 10.2 Å². The average Bonchev–Trinajstić information content (AvgIpc) is 2.72. The predicted molar refractivity (Wildman–Crippen MR) is 75.5 cm³/mol. The van der Waals surface area contributed by atoms with Crippen molar-refractivity contribution in [3.63, 3.8) is 0 Å². The third-order valence-electron chi connectivity index (χ3n) is 3.19. The molecule has 0 atom stereocenters. The first kappa shape index (κ1) is 13.7. The maximum absolute atomic E-state index is 4.57. The first-order valence-electron chi connectivity index (χ1n) is 6.78. The van der Waals surface area contributed by atoms with Crippen LogP contribution in [0.2, 0.25) is 0 Å². The molecule has 0 aliphatic rings. The lowest BCUT2D eigenvalue weighted by molar-refractivity contribution is 0.669. The van der Waals surface area contributed by atoms with Gasteiger partial charge in [0.1, 0.15) is 0 Å². The molecule has 0 spiro atoms. The Kier molecular flexibility index (Phi) is 4.63. The van der Waals surface area contributed by atoms with Crippen LogP contribution in [0.5, 0.6) is 0 Å². The van der Waals surface area contributed by atoms with E-state index in [0.717, 1.165) is 43.1 Å². The molecule has 0 bridgehead atoms. The number of nitrogens with zero attached hydrogens (tertiary/aromatic N) is 4. The zero-order valence-electron chi connectivity index (χ0n) is 11.8. The molecule has 0 aliphatic heterocycles. The van der Waals surface area contributed by atoms with Crippen LogP contribution >= 0.6 is 0 Å². The van der Waals surface area contributed by atoms with Crippen LogP contribution in [0.3, 0.4) is 0 Å². The van der Waals surface area contributed by atoms with Gasteiger partial charge in [0.05, 0.1) is 5.69 Å². The maximum atomic E-state index is 4.57. The van der Waals surface area contributed by atoms with E-state index in [1.165, 1.54) is 5.56 Å². The summed E-state index contributed by atoms with van der Waals surface area (Å²) in [5.74, 6) is 0.774. The summed E-state index contributed by atoms with van der Waals surface area (Å²) in [5, 5.41) is 16.0. The number of hydrogen-bond acceptors (Lipinski definition) is 4. The molecule has 0 saturated heterocycles. The maximum Gasteiger partial charge on any atom is 0.175 e. The van der Waals surface area contributed by atoms with E-state index < -0.39 is 0 Å². The van der Waals surface area contributed by atoms with Crippen molar-refractivity contribution >= 4 is 0 Å². The Balaban J connectivity index is 2.16. The number of nitrogens with one attached hydrogen (secondary N) is 1. The van der Waals surface area contributed by atoms with Crippen molar-refractivity contribution in [1.82, 2.24) is 25.3 Å². The van der Waals surface area contributed by atoms with E-state index in [0.29, 0.717) is 0 Å². The number of rotatable bonds is 6. The van der Waals surface area contributed by atoms with Crippen molar-refractivity contribution in [3.8, 4) is 5.82 Å². The Morgan fingerprint density at radius 2 is 2.11 bits per heavy atom. The van der Waals surface area contributed by atoms with Crippen LogP contribution in [0.1, 0.15) is 30.3 Å². The summed E-state index contributed by atoms with van der Waals surface area (Å²) in [4.78, 5) is 0. The quantitative estimate of drug-likeness (QED) is 0.804. The number of aryl methyl sites for hydroxylation is 1. The fraction of sp³-hybridized carbons (Fsp3) is 0.500. The summed E-state index contributed by atoms with van der Waals surface area (Å²) < 4.78 is 1.87. The van der Waals surface area contributed by atoms with Gasteiger partial charge in [-0.3, -0.25) is 0 Å². The van der Waals surface area contributed by atoms with Crippen molar-refractivity contribution in [3.05, 3.63) is 35.3 Å². The molecular formula is C14H21N5. The lowest BCUT2D eigenvalue weighted by Crippen LogP contribution is -2.18. The minimum absolute atomic E-state index is 0.774. The summed E-state index contributed by atoms with van der Waals surface area (Å²) in [6, 6.07) is 3.80. The molecule has 0 radical (unpaired) electrons. The third kappa shape index (κ3) is 3.17. The van der Waals surface area contributed by atoms with Crippen LogP contribution in [-0.2, 0) is 6.42 Å². The Morgan fingerprint density at radius 1 is 1.26 bits per heavy atom. The zero-order chi connectivity index (χ0) is 13.7. The predicted octanol–water partition coefficient (Wildman–Crippen LogP) is 1.82. The molecule has 2 aromatic rings. The molecule has 0 aliphatic carbocycles. The fourth-order valence-corrected chi connectivity index (χ4v) is 2.18. The lowest BCUT2D eigenvalue weighted by atomic mass is 10.1. The van der Waals surface area contributed by atoms with E-state index in [2.05, 4.69) is 41.4 Å². The molecule has 19 heavy (non-hydrogen) atoms. The van der Waals surface area contributed by atoms with Gasteiger partial charge in [0.15, 0.2) is 5.82 Å². The van der Waals surface area contributed by atoms with Crippen molar-refractivity contribution in [2.75, 3.05) is 13.1 Å². The second-order valence-electron chi connectivity index (χ2n) is 4.64. The van der Waals surface area contributed by atoms with E-state index >= 15 is 0 Å². The minimum atomic E-state index is 0.774. The van der Waals surface area contributed by atoms with Crippen LogP contribution < -0.4 is 5.32 Å². The highest BCUT2D eigenvalue weighted by Crippen LogP contribution is 2.16. The molecule has 2 aromatic heterocycles. The molecule has 0 amide bonds. The molecule has 0 aromatic carbocycles. The molecule has 1 N–H and O–H groups in total. The van der Waals surface area contributed by atoms with E-state index in [-0.39, 0.29) is 0 Å². The summed E-state index contributed by atoms with van der Waals surface area (Å²) in [7, 11) is 0. The van der Waals surface area contributed by atoms with Crippen molar-refractivity contribution < 1.29 is 0 Å². The topological polar surface area (TPSA) is 55.6 Å². The Morgan fingerprint density at radius 3 is 2.79 bits per heavy atom. The van der Waals surface area contributed by atoms with Gasteiger partial charge in [0.2, 0.25) is 0 Å². The van der Waals surface area contributed by atoms with Crippen LogP contribution in [0.4, 0.5) is 0 Å². The van der Waals surface area contributed by atoms with Gasteiger partial charge in [0.25, 0.3) is 0 Å². The number of hydrogen-bond donors (Lipinski definition) is 1. The zero-order valence-corrected chi connectivity index (χ0v) is 11.8. The van der Waals surface area contributed by atoms with Gasteiger partial charge in [-0.15, -0.1) is 5.10 Å². The smallest absolute Gasteiger partial charge is 0.175 e. The summed E-state index contributed by atoms with van der Waals surface area (Å²) >= 11 is 0. The van der Waals surface area contributed by atoms with E-state index in [1.807, 2.05) is 16.8 Å². The highest BCUT2D eigenvalue weighted by atomic mass is 15.3. The molecule has 102 valence electrons. The Labute approximate surface area is 114 Å². The van der Waals surface area contributed by atoms with Crippen molar-refractivity contribution in [2.45, 2.75) is 33.6 Å². The van der Waals surface area contributed by atoms with Gasteiger partial charge < -0.3 is 5.32 Å². The second-order valence-corrected chi connectivity index (χ2v) is 4.64. The van der Waals surface area contributed by atoms with Crippen LogP contribution in [0.25, 0.3) is 5.82 Å². The number of aromatic nitrogens is 4. The molecule has 2 rings (SSSR count). The van der Waals surface area contributed by atoms with E-state index in [4.69, 9.17) is 0 Å². The van der Waals surface area contributed by atoms with Gasteiger partial charge >= 0.3 is 0 Å². The third-order valence-corrected chi connectivity index (χ3v) is 3.19. The van der Waals surface area contributed by atoms with Crippen LogP contribution in [-0.4, -0.2) is 33.1 Å². The Hall–Kier alpha value is -1.75. The van der Waals surface area contributed by atoms with Gasteiger partial charge in [-0.05, 0) is 57.5 Å². The normalized spacial score (nSPS) is 10.9. The lowest BCUT2D eigenvalue weighted by Gasteiger charge is -2.05. The molecule has 5 nitrogen and oxygen atoms in total. The molecule has 0 unspecified atom stereocenters. The minimum Gasteiger partial charge on any atom is -0.316 e. The van der Waals surface area contributed by atoms with Crippen LogP contribution in [0, 0.1) is 13.8 Å². The summed E-state index contributed by atoms with van der Waals surface area (Å²) in [6.45, 7) is 8.37. The summed E-state index contributed by atoms with van der Waals surface area (Å²) in [6.07, 6.45) is 3.83. The first-order valence-corrected chi connectivity index (χ1v) is 6.78. The standard InChI is InChI=1S/C14H21N5/c1-4-8-15-10-7-13-11(2)18-19(12(13)3)14-6-5-9-16-17-14/h5-6,9,15H,4,7-8,10H2,1-3H3. The van der Waals surface area contributed by atoms with Crippen molar-refractivity contribution in [2.24, 2.45) is 0 Å². The SMILES string of the molecule is CCCNCCc1c(C)nn(-c2cccnn2)c1C. The van der Waals surface area contributed by atoms with E-state index in [9.17, 15) is 0 Å². The largest absolute Gasteiger partial charge is 0.316 e. The second kappa shape index (κ2) is 6.43. The van der Waals surface area contributed by atoms with E-state index in [1.54, 1.807) is 6.20 Å². The average molecular weight is 259 g/mol. The van der Waals surface area contributed by atoms with Crippen LogP contribution in [0.15, 0.2) is 18.3 Å². The monoisotopic (exact) mass is 259 g/mol. The highest BCUT2D eigenvalue weighted by Gasteiger charge is 2.12. The molecule has 5 heteroatoms. The highest BCUT2D eigenvalue weighted by molar-refractivity contribution is 5.31. The summed E-state index contributed by atoms with van der Waals surface area (Å²) in [5.41, 5.74) is 3.52. The Bertz CT molecular complexity index is 518.